The molecule has 1 heterocycles. The molecule has 1 aliphatic rings. The Balaban J connectivity index is 1.27. The van der Waals surface area contributed by atoms with Crippen molar-refractivity contribution >= 4 is 22.8 Å². The summed E-state index contributed by atoms with van der Waals surface area (Å²) in [6.07, 6.45) is 9.44. The number of carbonyl (C=O) groups is 1. The van der Waals surface area contributed by atoms with Gasteiger partial charge >= 0.3 is 0 Å². The normalized spacial score (nSPS) is 13.6. The van der Waals surface area contributed by atoms with Gasteiger partial charge in [-0.25, -0.2) is 4.98 Å². The van der Waals surface area contributed by atoms with E-state index in [0.717, 1.165) is 70.8 Å². The second-order valence-electron chi connectivity index (χ2n) is 13.0. The van der Waals surface area contributed by atoms with Crippen LogP contribution in [-0.4, -0.2) is 26.2 Å². The molecule has 1 amide bonds. The number of nitrogens with two attached hydrogens (primary N) is 2. The fraction of sp³-hybridized carbons (Fsp3) is 0.325. The number of nitrogen functional groups attached to an aromatic ring is 1. The highest BCUT2D eigenvalue weighted by atomic mass is 16.2. The maximum Gasteiger partial charge on any atom is 0.254 e. The van der Waals surface area contributed by atoms with Gasteiger partial charge in [0.05, 0.1) is 11.0 Å². The Labute approximate surface area is 278 Å². The summed E-state index contributed by atoms with van der Waals surface area (Å²) in [5, 5.41) is 7.70. The number of amidine groups is 1. The smallest absolute Gasteiger partial charge is 0.254 e. The van der Waals surface area contributed by atoms with Gasteiger partial charge in [0.25, 0.3) is 5.91 Å². The summed E-state index contributed by atoms with van der Waals surface area (Å²) in [4.78, 5) is 21.2. The number of rotatable bonds is 13. The minimum Gasteiger partial charge on any atom is -0.384 e. The third kappa shape index (κ3) is 8.16. The van der Waals surface area contributed by atoms with Gasteiger partial charge in [0, 0.05) is 43.7 Å². The summed E-state index contributed by atoms with van der Waals surface area (Å²) in [5.74, 6) is 1.89. The van der Waals surface area contributed by atoms with Gasteiger partial charge in [-0.3, -0.25) is 10.2 Å². The van der Waals surface area contributed by atoms with Crippen LogP contribution in [-0.2, 0) is 39.0 Å². The first-order chi connectivity index (χ1) is 23.0. The fourth-order valence-electron chi connectivity index (χ4n) is 6.83. The minimum atomic E-state index is -0.0116. The zero-order chi connectivity index (χ0) is 32.6. The Kier molecular flexibility index (Phi) is 10.4. The minimum absolute atomic E-state index is 0.0116. The van der Waals surface area contributed by atoms with Crippen molar-refractivity contribution in [1.29, 1.82) is 5.41 Å². The van der Waals surface area contributed by atoms with E-state index in [9.17, 15) is 4.79 Å². The third-order valence-electron chi connectivity index (χ3n) is 9.60. The summed E-state index contributed by atoms with van der Waals surface area (Å²) in [7, 11) is 0. The van der Waals surface area contributed by atoms with E-state index in [1.807, 2.05) is 71.6 Å². The van der Waals surface area contributed by atoms with Gasteiger partial charge < -0.3 is 20.9 Å². The molecule has 1 saturated carbocycles. The van der Waals surface area contributed by atoms with Gasteiger partial charge in [0.1, 0.15) is 11.7 Å². The SMILES string of the molecule is N=C(N)c1ccc(CCc2nc3cc(C(=O)N(Cc4ccccc4)Cc4ccc(CN)cc4)ccc3n2CCC2CCCCC2)cc1. The molecule has 0 atom stereocenters. The number of nitrogens with one attached hydrogen (secondary N) is 1. The highest BCUT2D eigenvalue weighted by Crippen LogP contribution is 2.29. The monoisotopic (exact) mass is 626 g/mol. The second-order valence-corrected chi connectivity index (χ2v) is 13.0. The molecule has 4 aromatic carbocycles. The van der Waals surface area contributed by atoms with Crippen LogP contribution in [0.5, 0.6) is 0 Å². The Morgan fingerprint density at radius 3 is 2.11 bits per heavy atom. The molecule has 5 aromatic rings. The number of nitrogens with zero attached hydrogens (tertiary/aromatic N) is 3. The number of benzene rings is 4. The Morgan fingerprint density at radius 1 is 0.787 bits per heavy atom. The third-order valence-corrected chi connectivity index (χ3v) is 9.60. The van der Waals surface area contributed by atoms with Crippen molar-refractivity contribution in [2.24, 2.45) is 17.4 Å². The van der Waals surface area contributed by atoms with E-state index in [0.29, 0.717) is 25.2 Å². The van der Waals surface area contributed by atoms with E-state index in [4.69, 9.17) is 21.9 Å². The first-order valence-corrected chi connectivity index (χ1v) is 17.0. The number of fused-ring (bicyclic) bond motifs is 1. The zero-order valence-corrected chi connectivity index (χ0v) is 27.2. The lowest BCUT2D eigenvalue weighted by Gasteiger charge is -2.23. The van der Waals surface area contributed by atoms with Crippen LogP contribution in [0, 0.1) is 11.3 Å². The van der Waals surface area contributed by atoms with Crippen LogP contribution >= 0.6 is 0 Å². The Hall–Kier alpha value is -4.75. The van der Waals surface area contributed by atoms with Crippen molar-refractivity contribution in [3.63, 3.8) is 0 Å². The first kappa shape index (κ1) is 32.2. The van der Waals surface area contributed by atoms with E-state index in [1.165, 1.54) is 37.7 Å². The fourth-order valence-corrected chi connectivity index (χ4v) is 6.83. The summed E-state index contributed by atoms with van der Waals surface area (Å²) in [6.45, 7) is 2.44. The largest absolute Gasteiger partial charge is 0.384 e. The van der Waals surface area contributed by atoms with E-state index in [2.05, 4.69) is 34.9 Å². The second kappa shape index (κ2) is 15.2. The molecule has 1 fully saturated rings. The molecule has 0 spiro atoms. The quantitative estimate of drug-likeness (QED) is 0.0935. The van der Waals surface area contributed by atoms with Gasteiger partial charge in [-0.05, 0) is 59.2 Å². The summed E-state index contributed by atoms with van der Waals surface area (Å²) in [5.41, 5.74) is 19.2. The molecule has 5 N–H and O–H groups in total. The molecule has 0 aliphatic heterocycles. The summed E-state index contributed by atoms with van der Waals surface area (Å²) in [6, 6.07) is 32.3. The number of hydrogen-bond acceptors (Lipinski definition) is 4. The van der Waals surface area contributed by atoms with Gasteiger partial charge in [0.2, 0.25) is 0 Å². The molecular formula is C40H46N6O. The van der Waals surface area contributed by atoms with Gasteiger partial charge in [-0.1, -0.05) is 111 Å². The topological polar surface area (TPSA) is 114 Å². The molecule has 47 heavy (non-hydrogen) atoms. The zero-order valence-electron chi connectivity index (χ0n) is 27.2. The molecule has 242 valence electrons. The molecule has 1 aliphatic carbocycles. The summed E-state index contributed by atoms with van der Waals surface area (Å²) < 4.78 is 2.39. The predicted molar refractivity (Wildman–Crippen MR) is 190 cm³/mol. The van der Waals surface area contributed by atoms with Crippen LogP contribution in [0.2, 0.25) is 0 Å². The number of aromatic nitrogens is 2. The van der Waals surface area contributed by atoms with E-state index >= 15 is 0 Å². The molecule has 6 rings (SSSR count). The molecule has 0 radical (unpaired) electrons. The highest BCUT2D eigenvalue weighted by molar-refractivity contribution is 5.97. The Bertz CT molecular complexity index is 1790. The van der Waals surface area contributed by atoms with E-state index in [-0.39, 0.29) is 11.7 Å². The van der Waals surface area contributed by atoms with Crippen molar-refractivity contribution in [3.05, 3.63) is 136 Å². The van der Waals surface area contributed by atoms with Crippen molar-refractivity contribution in [1.82, 2.24) is 14.5 Å². The lowest BCUT2D eigenvalue weighted by Crippen LogP contribution is -2.30. The molecule has 7 nitrogen and oxygen atoms in total. The number of imidazole rings is 1. The maximum absolute atomic E-state index is 14.2. The van der Waals surface area contributed by atoms with Crippen LogP contribution in [0.15, 0.2) is 97.1 Å². The first-order valence-electron chi connectivity index (χ1n) is 17.0. The van der Waals surface area contributed by atoms with Gasteiger partial charge in [0.15, 0.2) is 0 Å². The van der Waals surface area contributed by atoms with Crippen LogP contribution in [0.4, 0.5) is 0 Å². The van der Waals surface area contributed by atoms with Crippen molar-refractivity contribution in [2.45, 2.75) is 77.5 Å². The standard InChI is InChI=1S/C40H46N6O/c41-26-31-11-13-33(14-12-31)28-45(27-32-9-5-2-6-10-32)40(47)35-20-21-37-36(25-35)44-38(46(37)24-23-29-7-3-1-4-8-29)22-17-30-15-18-34(19-16-30)39(42)43/h2,5-6,9-16,18-21,25,29H,1,3-4,7-8,17,22-24,26-28,41H2,(H3,42,43). The van der Waals surface area contributed by atoms with Crippen LogP contribution in [0.3, 0.4) is 0 Å². The van der Waals surface area contributed by atoms with Gasteiger partial charge in [-0.2, -0.15) is 0 Å². The van der Waals surface area contributed by atoms with Crippen LogP contribution in [0.25, 0.3) is 11.0 Å². The van der Waals surface area contributed by atoms with Gasteiger partial charge in [-0.15, -0.1) is 0 Å². The van der Waals surface area contributed by atoms with E-state index in [1.54, 1.807) is 0 Å². The van der Waals surface area contributed by atoms with Crippen molar-refractivity contribution < 1.29 is 4.79 Å². The van der Waals surface area contributed by atoms with E-state index < -0.39 is 0 Å². The lowest BCUT2D eigenvalue weighted by molar-refractivity contribution is 0.0730. The van der Waals surface area contributed by atoms with Crippen molar-refractivity contribution in [3.8, 4) is 0 Å². The number of hydrogen-bond donors (Lipinski definition) is 3. The average Bonchev–Trinajstić information content (AvgIpc) is 3.47. The molecular weight excluding hydrogens is 580 g/mol. The molecule has 0 bridgehead atoms. The predicted octanol–water partition coefficient (Wildman–Crippen LogP) is 7.38. The lowest BCUT2D eigenvalue weighted by atomic mass is 9.87. The maximum atomic E-state index is 14.2. The number of amides is 1. The highest BCUT2D eigenvalue weighted by Gasteiger charge is 2.21. The molecule has 7 heteroatoms. The van der Waals surface area contributed by atoms with Crippen LogP contribution < -0.4 is 11.5 Å². The average molecular weight is 627 g/mol. The molecule has 0 saturated heterocycles. The number of carbonyl (C=O) groups excluding carboxylic acids is 1. The Morgan fingerprint density at radius 2 is 1.43 bits per heavy atom. The molecule has 0 unspecified atom stereocenters. The molecule has 1 aromatic heterocycles. The van der Waals surface area contributed by atoms with Crippen molar-refractivity contribution in [2.75, 3.05) is 0 Å². The summed E-state index contributed by atoms with van der Waals surface area (Å²) >= 11 is 0. The van der Waals surface area contributed by atoms with Crippen LogP contribution in [0.1, 0.15) is 82.5 Å². The number of aryl methyl sites for hydroxylation is 3.